The topological polar surface area (TPSA) is 87.3 Å². The minimum absolute atomic E-state index is 0.0921. The SMILES string of the molecule is O=C(Nc1ccc(Cl)cc1Cl)NC1CC=CC=C1NS(=O)(=O)c1ccc(F)cc1. The van der Waals surface area contributed by atoms with E-state index in [-0.39, 0.29) is 15.6 Å². The van der Waals surface area contributed by atoms with Gasteiger partial charge in [0.1, 0.15) is 5.82 Å². The number of sulfonamides is 1. The smallest absolute Gasteiger partial charge is 0.319 e. The molecule has 0 fully saturated rings. The predicted molar refractivity (Wildman–Crippen MR) is 111 cm³/mol. The number of hydrogen-bond acceptors (Lipinski definition) is 3. The number of nitrogens with one attached hydrogen (secondary N) is 3. The zero-order valence-electron chi connectivity index (χ0n) is 14.8. The highest BCUT2D eigenvalue weighted by atomic mass is 35.5. The first-order chi connectivity index (χ1) is 13.7. The molecule has 0 radical (unpaired) electrons. The van der Waals surface area contributed by atoms with Crippen LogP contribution in [0.25, 0.3) is 0 Å². The summed E-state index contributed by atoms with van der Waals surface area (Å²) in [7, 11) is -3.94. The number of benzene rings is 2. The van der Waals surface area contributed by atoms with Gasteiger partial charge in [-0.15, -0.1) is 0 Å². The second kappa shape index (κ2) is 8.86. The van der Waals surface area contributed by atoms with Gasteiger partial charge in [-0.2, -0.15) is 0 Å². The van der Waals surface area contributed by atoms with E-state index in [2.05, 4.69) is 15.4 Å². The second-order valence-electron chi connectivity index (χ2n) is 6.12. The Labute approximate surface area is 177 Å². The number of rotatable bonds is 5. The maximum atomic E-state index is 13.1. The Kier molecular flexibility index (Phi) is 6.46. The normalized spacial score (nSPS) is 16.1. The number of hydrogen-bond donors (Lipinski definition) is 3. The van der Waals surface area contributed by atoms with E-state index in [1.165, 1.54) is 6.07 Å². The monoisotopic (exact) mass is 455 g/mol. The molecule has 1 atom stereocenters. The van der Waals surface area contributed by atoms with Gasteiger partial charge >= 0.3 is 6.03 Å². The second-order valence-corrected chi connectivity index (χ2v) is 8.65. The van der Waals surface area contributed by atoms with Crippen LogP contribution in [0.1, 0.15) is 6.42 Å². The maximum absolute atomic E-state index is 13.1. The third-order valence-corrected chi connectivity index (χ3v) is 5.96. The van der Waals surface area contributed by atoms with Crippen LogP contribution in [-0.2, 0) is 10.0 Å². The van der Waals surface area contributed by atoms with Crippen LogP contribution in [0.3, 0.4) is 0 Å². The standard InChI is InChI=1S/C19H16Cl2FN3O3S/c20-12-5-10-16(15(21)11-12)23-19(26)24-17-3-1-2-4-18(17)25-29(27,28)14-8-6-13(22)7-9-14/h1-2,4-11,17,25H,3H2,(H2,23,24,26). The molecule has 0 aromatic heterocycles. The summed E-state index contributed by atoms with van der Waals surface area (Å²) in [6.45, 7) is 0. The van der Waals surface area contributed by atoms with Gasteiger partial charge in [0.15, 0.2) is 0 Å². The Morgan fingerprint density at radius 2 is 1.83 bits per heavy atom. The fraction of sp³-hybridized carbons (Fsp3) is 0.105. The molecule has 0 aliphatic heterocycles. The van der Waals surface area contributed by atoms with E-state index in [4.69, 9.17) is 23.2 Å². The van der Waals surface area contributed by atoms with Gasteiger partial charge in [-0.25, -0.2) is 17.6 Å². The van der Waals surface area contributed by atoms with Crippen LogP contribution in [0, 0.1) is 5.82 Å². The van der Waals surface area contributed by atoms with E-state index in [9.17, 15) is 17.6 Å². The van der Waals surface area contributed by atoms with Gasteiger partial charge < -0.3 is 10.6 Å². The Balaban J connectivity index is 1.70. The first kappa shape index (κ1) is 21.2. The Morgan fingerprint density at radius 1 is 1.10 bits per heavy atom. The molecule has 10 heteroatoms. The molecule has 3 N–H and O–H groups in total. The molecule has 152 valence electrons. The van der Waals surface area contributed by atoms with Gasteiger partial charge in [-0.05, 0) is 55.0 Å². The molecule has 2 aromatic rings. The van der Waals surface area contributed by atoms with Gasteiger partial charge in [0.2, 0.25) is 0 Å². The highest BCUT2D eigenvalue weighted by Gasteiger charge is 2.23. The van der Waals surface area contributed by atoms with Crippen molar-refractivity contribution in [1.29, 1.82) is 0 Å². The number of anilines is 1. The largest absolute Gasteiger partial charge is 0.329 e. The lowest BCUT2D eigenvalue weighted by atomic mass is 10.1. The highest BCUT2D eigenvalue weighted by Crippen LogP contribution is 2.25. The molecule has 2 aromatic carbocycles. The molecular formula is C19H16Cl2FN3O3S. The molecule has 0 spiro atoms. The zero-order chi connectivity index (χ0) is 21.0. The molecular weight excluding hydrogens is 440 g/mol. The Hall–Kier alpha value is -2.55. The third-order valence-electron chi connectivity index (χ3n) is 4.02. The molecule has 0 heterocycles. The van der Waals surface area contributed by atoms with E-state index in [0.29, 0.717) is 17.1 Å². The first-order valence-electron chi connectivity index (χ1n) is 8.42. The summed E-state index contributed by atoms with van der Waals surface area (Å²) in [4.78, 5) is 12.3. The zero-order valence-corrected chi connectivity index (χ0v) is 17.2. The lowest BCUT2D eigenvalue weighted by Crippen LogP contribution is -2.44. The van der Waals surface area contributed by atoms with Gasteiger partial charge in [-0.3, -0.25) is 4.72 Å². The van der Waals surface area contributed by atoms with E-state index in [0.717, 1.165) is 24.3 Å². The van der Waals surface area contributed by atoms with E-state index in [1.807, 2.05) is 0 Å². The fourth-order valence-corrected chi connectivity index (χ4v) is 4.20. The van der Waals surface area contributed by atoms with Crippen LogP contribution < -0.4 is 15.4 Å². The molecule has 2 amide bonds. The molecule has 3 rings (SSSR count). The van der Waals surface area contributed by atoms with Crippen molar-refractivity contribution in [3.05, 3.63) is 82.3 Å². The Bertz CT molecular complexity index is 1090. The van der Waals surface area contributed by atoms with Crippen molar-refractivity contribution >= 4 is 44.9 Å². The molecule has 29 heavy (non-hydrogen) atoms. The number of halogens is 3. The van der Waals surface area contributed by atoms with Crippen molar-refractivity contribution in [1.82, 2.24) is 10.0 Å². The van der Waals surface area contributed by atoms with Crippen molar-refractivity contribution < 1.29 is 17.6 Å². The summed E-state index contributed by atoms with van der Waals surface area (Å²) >= 11 is 11.9. The quantitative estimate of drug-likeness (QED) is 0.622. The van der Waals surface area contributed by atoms with Crippen LogP contribution in [0.5, 0.6) is 0 Å². The van der Waals surface area contributed by atoms with Crippen molar-refractivity contribution in [2.24, 2.45) is 0 Å². The number of urea groups is 1. The minimum Gasteiger partial charge on any atom is -0.329 e. The lowest BCUT2D eigenvalue weighted by molar-refractivity contribution is 0.249. The van der Waals surface area contributed by atoms with Crippen molar-refractivity contribution in [2.75, 3.05) is 5.32 Å². The summed E-state index contributed by atoms with van der Waals surface area (Å²) in [6.07, 6.45) is 5.38. The van der Waals surface area contributed by atoms with Crippen LogP contribution in [0.2, 0.25) is 10.0 Å². The van der Waals surface area contributed by atoms with E-state index >= 15 is 0 Å². The van der Waals surface area contributed by atoms with Crippen molar-refractivity contribution in [2.45, 2.75) is 17.4 Å². The van der Waals surface area contributed by atoms with Crippen LogP contribution in [0.15, 0.2) is 71.3 Å². The summed E-state index contributed by atoms with van der Waals surface area (Å²) < 4.78 is 40.6. The lowest BCUT2D eigenvalue weighted by Gasteiger charge is -2.24. The minimum atomic E-state index is -3.94. The molecule has 1 aliphatic rings. The number of carbonyl (C=O) groups excluding carboxylic acids is 1. The average molecular weight is 456 g/mol. The third kappa shape index (κ3) is 5.50. The number of allylic oxidation sites excluding steroid dienone is 2. The summed E-state index contributed by atoms with van der Waals surface area (Å²) in [6, 6.07) is 7.87. The fourth-order valence-electron chi connectivity index (χ4n) is 2.61. The van der Waals surface area contributed by atoms with Crippen LogP contribution in [0.4, 0.5) is 14.9 Å². The summed E-state index contributed by atoms with van der Waals surface area (Å²) in [5.74, 6) is -0.541. The van der Waals surface area contributed by atoms with Gasteiger partial charge in [-0.1, -0.05) is 35.4 Å². The maximum Gasteiger partial charge on any atom is 0.319 e. The molecule has 1 aliphatic carbocycles. The molecule has 0 bridgehead atoms. The van der Waals surface area contributed by atoms with Crippen LogP contribution in [-0.4, -0.2) is 20.5 Å². The number of amides is 2. The van der Waals surface area contributed by atoms with Gasteiger partial charge in [0, 0.05) is 10.7 Å². The summed E-state index contributed by atoms with van der Waals surface area (Å²) in [5.41, 5.74) is 0.631. The van der Waals surface area contributed by atoms with Gasteiger partial charge in [0.25, 0.3) is 10.0 Å². The Morgan fingerprint density at radius 3 is 2.52 bits per heavy atom. The van der Waals surface area contributed by atoms with Crippen LogP contribution >= 0.6 is 23.2 Å². The average Bonchev–Trinajstić information content (AvgIpc) is 2.66. The van der Waals surface area contributed by atoms with Crippen molar-refractivity contribution in [3.8, 4) is 0 Å². The summed E-state index contributed by atoms with van der Waals surface area (Å²) in [5, 5.41) is 5.99. The first-order valence-corrected chi connectivity index (χ1v) is 10.7. The van der Waals surface area contributed by atoms with E-state index < -0.39 is 27.9 Å². The predicted octanol–water partition coefficient (Wildman–Crippen LogP) is 4.44. The van der Waals surface area contributed by atoms with E-state index in [1.54, 1.807) is 30.4 Å². The molecule has 6 nitrogen and oxygen atoms in total. The molecule has 0 saturated carbocycles. The van der Waals surface area contributed by atoms with Gasteiger partial charge in [0.05, 0.1) is 21.6 Å². The molecule has 1 unspecified atom stereocenters. The number of carbonyl (C=O) groups is 1. The molecule has 0 saturated heterocycles. The highest BCUT2D eigenvalue weighted by molar-refractivity contribution is 7.89. The van der Waals surface area contributed by atoms with Crippen molar-refractivity contribution in [3.63, 3.8) is 0 Å².